The van der Waals surface area contributed by atoms with Gasteiger partial charge in [-0.1, -0.05) is 12.1 Å². The number of fused-ring (bicyclic) bond motifs is 4. The summed E-state index contributed by atoms with van der Waals surface area (Å²) in [4.78, 5) is 26.5. The summed E-state index contributed by atoms with van der Waals surface area (Å²) in [6.45, 7) is 3.69. The van der Waals surface area contributed by atoms with E-state index >= 15 is 0 Å². The molecule has 4 aromatic rings. The Morgan fingerprint density at radius 3 is 2.97 bits per heavy atom. The maximum Gasteiger partial charge on any atom is 0.162 e. The third-order valence-electron chi connectivity index (χ3n) is 5.81. The van der Waals surface area contributed by atoms with Crippen LogP contribution in [-0.4, -0.2) is 57.3 Å². The molecule has 0 amide bonds. The number of ether oxygens (including phenoxy) is 1. The fraction of sp³-hybridized carbons (Fsp3) is 0.273. The molecular weight excluding hydrogens is 378 g/mol. The second-order valence-corrected chi connectivity index (χ2v) is 7.61. The van der Waals surface area contributed by atoms with E-state index in [1.54, 1.807) is 12.4 Å². The summed E-state index contributed by atoms with van der Waals surface area (Å²) in [6, 6.07) is 10.3. The van der Waals surface area contributed by atoms with Crippen LogP contribution in [0.4, 0.5) is 11.5 Å². The molecule has 1 atom stereocenters. The Labute approximate surface area is 173 Å². The van der Waals surface area contributed by atoms with E-state index in [2.05, 4.69) is 43.0 Å². The normalized spacial score (nSPS) is 18.3. The fourth-order valence-corrected chi connectivity index (χ4v) is 4.38. The minimum Gasteiger partial charge on any atom is -0.377 e. The maximum absolute atomic E-state index is 5.77. The molecule has 150 valence electrons. The number of morpholine rings is 1. The molecule has 0 saturated carbocycles. The monoisotopic (exact) mass is 399 g/mol. The lowest BCUT2D eigenvalue weighted by molar-refractivity contribution is 0.0935. The maximum atomic E-state index is 5.77. The molecular formula is C22H21N7O. The van der Waals surface area contributed by atoms with Crippen molar-refractivity contribution in [1.29, 1.82) is 0 Å². The highest BCUT2D eigenvalue weighted by molar-refractivity contribution is 5.93. The first-order valence-electron chi connectivity index (χ1n) is 10.2. The Hall–Kier alpha value is -3.52. The molecule has 30 heavy (non-hydrogen) atoms. The van der Waals surface area contributed by atoms with Gasteiger partial charge in [-0.15, -0.1) is 0 Å². The lowest BCUT2D eigenvalue weighted by Gasteiger charge is -2.45. The van der Waals surface area contributed by atoms with Gasteiger partial charge < -0.3 is 19.5 Å². The number of anilines is 2. The van der Waals surface area contributed by atoms with Crippen molar-refractivity contribution in [2.75, 3.05) is 36.1 Å². The number of rotatable bonds is 3. The number of nitrogens with zero attached hydrogens (tertiary/aromatic N) is 6. The van der Waals surface area contributed by atoms with Crippen molar-refractivity contribution in [3.63, 3.8) is 0 Å². The zero-order chi connectivity index (χ0) is 19.9. The average molecular weight is 399 g/mol. The van der Waals surface area contributed by atoms with E-state index in [0.717, 1.165) is 52.7 Å². The molecule has 1 fully saturated rings. The van der Waals surface area contributed by atoms with Crippen LogP contribution < -0.4 is 9.80 Å². The molecule has 1 aromatic carbocycles. The molecule has 3 aromatic heterocycles. The molecule has 2 aliphatic heterocycles. The lowest BCUT2D eigenvalue weighted by atomic mass is 10.1. The van der Waals surface area contributed by atoms with Gasteiger partial charge in [0.1, 0.15) is 5.82 Å². The van der Waals surface area contributed by atoms with Gasteiger partial charge in [0.25, 0.3) is 0 Å². The molecule has 1 unspecified atom stereocenters. The first kappa shape index (κ1) is 17.3. The largest absolute Gasteiger partial charge is 0.377 e. The molecule has 6 rings (SSSR count). The van der Waals surface area contributed by atoms with Gasteiger partial charge in [-0.3, -0.25) is 0 Å². The van der Waals surface area contributed by atoms with Gasteiger partial charge in [-0.25, -0.2) is 19.9 Å². The number of benzene rings is 1. The number of nitrogens with one attached hydrogen (secondary N) is 1. The lowest BCUT2D eigenvalue weighted by Crippen LogP contribution is -2.55. The Balaban J connectivity index is 1.45. The summed E-state index contributed by atoms with van der Waals surface area (Å²) in [5.74, 6) is 2.49. The van der Waals surface area contributed by atoms with Gasteiger partial charge in [-0.05, 0) is 18.2 Å². The quantitative estimate of drug-likeness (QED) is 0.567. The van der Waals surface area contributed by atoms with Crippen molar-refractivity contribution in [3.8, 4) is 11.4 Å². The number of aromatic amines is 1. The van der Waals surface area contributed by atoms with E-state index in [0.29, 0.717) is 19.8 Å². The first-order valence-corrected chi connectivity index (χ1v) is 10.2. The smallest absolute Gasteiger partial charge is 0.162 e. The number of aromatic nitrogens is 5. The number of hydrogen-bond donors (Lipinski definition) is 1. The summed E-state index contributed by atoms with van der Waals surface area (Å²) in [5, 5.41) is 1.13. The molecule has 0 aliphatic carbocycles. The highest BCUT2D eigenvalue weighted by atomic mass is 16.5. The SMILES string of the molecule is c1cnc(CN2CC3COCCN3c3nc(-c4cccc5[nH]ccc45)ncc32)nc1. The van der Waals surface area contributed by atoms with Crippen molar-refractivity contribution >= 4 is 22.4 Å². The highest BCUT2D eigenvalue weighted by Crippen LogP contribution is 2.37. The van der Waals surface area contributed by atoms with E-state index < -0.39 is 0 Å². The first-order chi connectivity index (χ1) is 14.9. The van der Waals surface area contributed by atoms with E-state index in [4.69, 9.17) is 14.7 Å². The Bertz CT molecular complexity index is 1190. The minimum atomic E-state index is 0.251. The number of hydrogen-bond acceptors (Lipinski definition) is 7. The zero-order valence-corrected chi connectivity index (χ0v) is 16.4. The van der Waals surface area contributed by atoms with Gasteiger partial charge in [0.05, 0.1) is 37.7 Å². The molecule has 8 nitrogen and oxygen atoms in total. The van der Waals surface area contributed by atoms with Crippen LogP contribution in [0, 0.1) is 0 Å². The molecule has 0 spiro atoms. The van der Waals surface area contributed by atoms with Crippen molar-refractivity contribution in [2.24, 2.45) is 0 Å². The van der Waals surface area contributed by atoms with Crippen molar-refractivity contribution in [1.82, 2.24) is 24.9 Å². The summed E-state index contributed by atoms with van der Waals surface area (Å²) in [5.41, 5.74) is 3.14. The van der Waals surface area contributed by atoms with E-state index in [-0.39, 0.29) is 6.04 Å². The number of H-pyrrole nitrogens is 1. The Morgan fingerprint density at radius 1 is 1.10 bits per heavy atom. The summed E-state index contributed by atoms with van der Waals surface area (Å²) < 4.78 is 5.77. The third-order valence-corrected chi connectivity index (χ3v) is 5.81. The fourth-order valence-electron chi connectivity index (χ4n) is 4.38. The van der Waals surface area contributed by atoms with Crippen LogP contribution >= 0.6 is 0 Å². The second-order valence-electron chi connectivity index (χ2n) is 7.61. The van der Waals surface area contributed by atoms with Crippen LogP contribution in [0.5, 0.6) is 0 Å². The molecule has 8 heteroatoms. The summed E-state index contributed by atoms with van der Waals surface area (Å²) >= 11 is 0. The topological polar surface area (TPSA) is 83.1 Å². The van der Waals surface area contributed by atoms with Gasteiger partial charge in [0, 0.05) is 48.1 Å². The molecule has 5 heterocycles. The Kier molecular flexibility index (Phi) is 4.09. The van der Waals surface area contributed by atoms with Crippen molar-refractivity contribution in [3.05, 3.63) is 60.9 Å². The van der Waals surface area contributed by atoms with Gasteiger partial charge in [0.15, 0.2) is 11.6 Å². The molecule has 1 N–H and O–H groups in total. The third kappa shape index (κ3) is 2.88. The molecule has 2 aliphatic rings. The zero-order valence-electron chi connectivity index (χ0n) is 16.4. The molecule has 0 bridgehead atoms. The van der Waals surface area contributed by atoms with Crippen LogP contribution in [0.2, 0.25) is 0 Å². The van der Waals surface area contributed by atoms with Crippen molar-refractivity contribution in [2.45, 2.75) is 12.6 Å². The van der Waals surface area contributed by atoms with Crippen LogP contribution in [0.15, 0.2) is 55.1 Å². The van der Waals surface area contributed by atoms with Gasteiger partial charge in [0.2, 0.25) is 0 Å². The summed E-state index contributed by atoms with van der Waals surface area (Å²) in [6.07, 6.45) is 7.45. The predicted octanol–water partition coefficient (Wildman–Crippen LogP) is 2.64. The molecule has 0 radical (unpaired) electrons. The van der Waals surface area contributed by atoms with Gasteiger partial charge in [-0.2, -0.15) is 0 Å². The minimum absolute atomic E-state index is 0.251. The van der Waals surface area contributed by atoms with Crippen LogP contribution in [0.25, 0.3) is 22.3 Å². The van der Waals surface area contributed by atoms with E-state index in [9.17, 15) is 0 Å². The Morgan fingerprint density at radius 2 is 2.03 bits per heavy atom. The molecule has 1 saturated heterocycles. The standard InChI is InChI=1S/C22H21N7O/c1-3-17(16-5-8-23-18(16)4-1)21-26-11-19-22(27-21)29-9-10-30-14-15(29)12-28(19)13-20-24-6-2-7-25-20/h1-8,11,15,23H,9-10,12-14H2. The van der Waals surface area contributed by atoms with Crippen molar-refractivity contribution < 1.29 is 4.74 Å². The van der Waals surface area contributed by atoms with Crippen LogP contribution in [-0.2, 0) is 11.3 Å². The van der Waals surface area contributed by atoms with E-state index in [1.807, 2.05) is 24.5 Å². The van der Waals surface area contributed by atoms with Gasteiger partial charge >= 0.3 is 0 Å². The summed E-state index contributed by atoms with van der Waals surface area (Å²) in [7, 11) is 0. The van der Waals surface area contributed by atoms with E-state index in [1.165, 1.54) is 0 Å². The predicted molar refractivity (Wildman–Crippen MR) is 114 cm³/mol. The van der Waals surface area contributed by atoms with Crippen LogP contribution in [0.3, 0.4) is 0 Å². The highest BCUT2D eigenvalue weighted by Gasteiger charge is 2.35. The van der Waals surface area contributed by atoms with Crippen LogP contribution in [0.1, 0.15) is 5.82 Å². The second kappa shape index (κ2) is 7.07. The average Bonchev–Trinajstić information content (AvgIpc) is 3.29.